The smallest absolute Gasteiger partial charge is 0.327 e. The van der Waals surface area contributed by atoms with Crippen molar-refractivity contribution >= 4 is 11.9 Å². The molecule has 0 radical (unpaired) electrons. The summed E-state index contributed by atoms with van der Waals surface area (Å²) in [6.45, 7) is 14.0. The lowest BCUT2D eigenvalue weighted by atomic mass is 9.88. The summed E-state index contributed by atoms with van der Waals surface area (Å²) in [5.74, 6) is -1.96. The fourth-order valence-corrected chi connectivity index (χ4v) is 0.485. The van der Waals surface area contributed by atoms with Gasteiger partial charge >= 0.3 is 11.9 Å². The fourth-order valence-electron chi connectivity index (χ4n) is 0.485. The highest BCUT2D eigenvalue weighted by Crippen LogP contribution is 2.18. The predicted octanol–water partition coefficient (Wildman–Crippen LogP) is 1.04. The zero-order valence-corrected chi connectivity index (χ0v) is 19.5. The van der Waals surface area contributed by atoms with Crippen LogP contribution in [0.4, 0.5) is 0 Å². The molecule has 0 saturated carbocycles. The van der Waals surface area contributed by atoms with Crippen molar-refractivity contribution in [2.45, 2.75) is 53.4 Å². The van der Waals surface area contributed by atoms with Crippen LogP contribution in [0.15, 0.2) is 25.3 Å². The van der Waals surface area contributed by atoms with Crippen LogP contribution >= 0.6 is 0 Å². The van der Waals surface area contributed by atoms with Gasteiger partial charge in [0.2, 0.25) is 0 Å². The van der Waals surface area contributed by atoms with Crippen LogP contribution in [-0.2, 0) is 9.59 Å². The quantitative estimate of drug-likeness (QED) is 0.231. The van der Waals surface area contributed by atoms with E-state index in [0.29, 0.717) is 26.2 Å². The van der Waals surface area contributed by atoms with Crippen LogP contribution in [0.2, 0.25) is 0 Å². The van der Waals surface area contributed by atoms with Gasteiger partial charge in [-0.25, -0.2) is 9.59 Å². The number of carboxylic acid groups (broad SMARTS) is 2. The molecule has 10 heteroatoms. The van der Waals surface area contributed by atoms with E-state index in [1.54, 1.807) is 0 Å². The van der Waals surface area contributed by atoms with Crippen LogP contribution in [0.3, 0.4) is 0 Å². The lowest BCUT2D eigenvalue weighted by Crippen LogP contribution is -2.32. The Kier molecular flexibility index (Phi) is 58.9. The van der Waals surface area contributed by atoms with Crippen molar-refractivity contribution in [1.29, 1.82) is 0 Å². The maximum atomic E-state index is 9.25. The zero-order chi connectivity index (χ0) is 26.1. The van der Waals surface area contributed by atoms with Crippen molar-refractivity contribution in [3.63, 3.8) is 0 Å². The number of rotatable bonds is 9. The van der Waals surface area contributed by atoms with Crippen LogP contribution in [0.1, 0.15) is 53.4 Å². The molecule has 190 valence electrons. The van der Waals surface area contributed by atoms with Gasteiger partial charge in [0.25, 0.3) is 0 Å². The summed E-state index contributed by atoms with van der Waals surface area (Å²) in [7, 11) is 0. The van der Waals surface area contributed by atoms with E-state index >= 15 is 0 Å². The molecule has 0 heterocycles. The third kappa shape index (κ3) is 65.4. The lowest BCUT2D eigenvalue weighted by Gasteiger charge is -2.24. The standard InChI is InChI=1S/C6H14O3.2C3H4O2.3C3H8O/c1-2-6(3-7,4-8)5-9;2*1-2-3(4)5;3*1-2-3-4/h7-9H,2-5H2,1H3;2*2H,1H2,(H,4,5);3*4H,2-3H2,1H3. The molecule has 0 atom stereocenters. The van der Waals surface area contributed by atoms with Gasteiger partial charge in [-0.3, -0.25) is 0 Å². The van der Waals surface area contributed by atoms with E-state index in [2.05, 4.69) is 13.2 Å². The van der Waals surface area contributed by atoms with Crippen molar-refractivity contribution < 1.29 is 50.4 Å². The molecule has 0 rings (SSSR count). The molecule has 0 aromatic heterocycles. The molecule has 0 aromatic carbocycles. The molecule has 0 bridgehead atoms. The second-order valence-corrected chi connectivity index (χ2v) is 5.58. The number of hydrogen-bond donors (Lipinski definition) is 8. The van der Waals surface area contributed by atoms with Crippen molar-refractivity contribution in [3.8, 4) is 0 Å². The highest BCUT2D eigenvalue weighted by atomic mass is 16.4. The van der Waals surface area contributed by atoms with Crippen LogP contribution in [0.25, 0.3) is 0 Å². The zero-order valence-electron chi connectivity index (χ0n) is 19.5. The summed E-state index contributed by atoms with van der Waals surface area (Å²) in [6.07, 6.45) is 4.89. The first-order valence-corrected chi connectivity index (χ1v) is 9.89. The molecule has 0 spiro atoms. The molecule has 0 amide bonds. The third-order valence-corrected chi connectivity index (χ3v) is 2.78. The first-order chi connectivity index (χ1) is 14.5. The van der Waals surface area contributed by atoms with Gasteiger partial charge in [-0.05, 0) is 25.7 Å². The van der Waals surface area contributed by atoms with E-state index in [1.807, 2.05) is 27.7 Å². The summed E-state index contributed by atoms with van der Waals surface area (Å²) < 4.78 is 0. The van der Waals surface area contributed by atoms with E-state index in [1.165, 1.54) is 0 Å². The maximum Gasteiger partial charge on any atom is 0.327 e. The van der Waals surface area contributed by atoms with Crippen LogP contribution < -0.4 is 0 Å². The van der Waals surface area contributed by atoms with Crippen molar-refractivity contribution in [3.05, 3.63) is 25.3 Å². The normalized spacial score (nSPS) is 8.45. The Labute approximate surface area is 186 Å². The van der Waals surface area contributed by atoms with E-state index < -0.39 is 17.4 Å². The number of aliphatic hydroxyl groups excluding tert-OH is 6. The van der Waals surface area contributed by atoms with Gasteiger partial charge in [0.05, 0.1) is 19.8 Å². The first kappa shape index (κ1) is 43.1. The van der Waals surface area contributed by atoms with Crippen molar-refractivity contribution in [2.75, 3.05) is 39.6 Å². The molecule has 0 aliphatic carbocycles. The highest BCUT2D eigenvalue weighted by molar-refractivity contribution is 5.79. The van der Waals surface area contributed by atoms with Crippen LogP contribution in [-0.4, -0.2) is 92.4 Å². The van der Waals surface area contributed by atoms with E-state index in [9.17, 15) is 9.59 Å². The monoisotopic (exact) mass is 458 g/mol. The summed E-state index contributed by atoms with van der Waals surface area (Å²) >= 11 is 0. The SMILES string of the molecule is C=CC(=O)O.C=CC(=O)O.CCC(CO)(CO)CO.CCCO.CCCO.CCCO. The summed E-state index contributed by atoms with van der Waals surface area (Å²) in [4.78, 5) is 18.5. The molecule has 10 nitrogen and oxygen atoms in total. The third-order valence-electron chi connectivity index (χ3n) is 2.78. The minimum absolute atomic E-state index is 0.156. The van der Waals surface area contributed by atoms with Gasteiger partial charge in [0, 0.05) is 37.4 Å². The first-order valence-electron chi connectivity index (χ1n) is 9.89. The van der Waals surface area contributed by atoms with E-state index in [-0.39, 0.29) is 19.8 Å². The summed E-state index contributed by atoms with van der Waals surface area (Å²) in [5.41, 5.74) is -0.667. The lowest BCUT2D eigenvalue weighted by molar-refractivity contribution is -0.132. The minimum atomic E-state index is -0.981. The molecule has 0 saturated heterocycles. The van der Waals surface area contributed by atoms with Crippen LogP contribution in [0, 0.1) is 5.41 Å². The number of aliphatic hydroxyl groups is 6. The van der Waals surface area contributed by atoms with Gasteiger partial charge in [-0.2, -0.15) is 0 Å². The average Bonchev–Trinajstić information content (AvgIpc) is 2.82. The van der Waals surface area contributed by atoms with Gasteiger partial charge in [0.1, 0.15) is 0 Å². The molecular formula is C21H46O10. The molecule has 0 aromatic rings. The van der Waals surface area contributed by atoms with E-state index in [0.717, 1.165) is 31.4 Å². The highest BCUT2D eigenvalue weighted by Gasteiger charge is 2.24. The Balaban J connectivity index is -0.0000000628. The van der Waals surface area contributed by atoms with Gasteiger partial charge in [-0.15, -0.1) is 0 Å². The van der Waals surface area contributed by atoms with E-state index in [4.69, 9.17) is 40.9 Å². The Morgan fingerprint density at radius 1 is 0.645 bits per heavy atom. The Hall–Kier alpha value is -1.82. The number of aliphatic carboxylic acids is 2. The molecule has 0 fully saturated rings. The second kappa shape index (κ2) is 42.3. The molecule has 0 unspecified atom stereocenters. The number of carbonyl (C=O) groups is 2. The molecule has 0 aliphatic rings. The summed E-state index contributed by atoms with van der Waals surface area (Å²) in [5, 5.41) is 64.8. The average molecular weight is 459 g/mol. The Bertz CT molecular complexity index is 305. The van der Waals surface area contributed by atoms with Crippen molar-refractivity contribution in [1.82, 2.24) is 0 Å². The Morgan fingerprint density at radius 3 is 0.806 bits per heavy atom. The fraction of sp³-hybridized carbons (Fsp3) is 0.714. The molecular weight excluding hydrogens is 412 g/mol. The maximum absolute atomic E-state index is 9.25. The van der Waals surface area contributed by atoms with Crippen LogP contribution in [0.5, 0.6) is 0 Å². The van der Waals surface area contributed by atoms with Gasteiger partial charge < -0.3 is 40.9 Å². The number of hydrogen-bond acceptors (Lipinski definition) is 8. The molecule has 8 N–H and O–H groups in total. The number of carboxylic acids is 2. The Morgan fingerprint density at radius 2 is 0.806 bits per heavy atom. The second-order valence-electron chi connectivity index (χ2n) is 5.58. The molecule has 0 aliphatic heterocycles. The minimum Gasteiger partial charge on any atom is -0.478 e. The topological polar surface area (TPSA) is 196 Å². The molecule has 31 heavy (non-hydrogen) atoms. The predicted molar refractivity (Wildman–Crippen MR) is 122 cm³/mol. The summed E-state index contributed by atoms with van der Waals surface area (Å²) in [6, 6.07) is 0. The van der Waals surface area contributed by atoms with Gasteiger partial charge in [-0.1, -0.05) is 40.9 Å². The largest absolute Gasteiger partial charge is 0.478 e. The van der Waals surface area contributed by atoms with Gasteiger partial charge in [0.15, 0.2) is 0 Å². The van der Waals surface area contributed by atoms with Crippen molar-refractivity contribution in [2.24, 2.45) is 5.41 Å².